The van der Waals surface area contributed by atoms with Crippen LogP contribution in [-0.2, 0) is 12.8 Å². The van der Waals surface area contributed by atoms with Gasteiger partial charge < -0.3 is 9.72 Å². The van der Waals surface area contributed by atoms with Crippen molar-refractivity contribution in [2.75, 3.05) is 7.11 Å². The Morgan fingerprint density at radius 2 is 1.91 bits per heavy atom. The van der Waals surface area contributed by atoms with Crippen molar-refractivity contribution in [1.29, 1.82) is 0 Å². The quantitative estimate of drug-likeness (QED) is 0.706. The van der Waals surface area contributed by atoms with Gasteiger partial charge in [-0.1, -0.05) is 6.42 Å². The molecular weight excluding hydrogens is 272 g/mol. The molecule has 22 heavy (non-hydrogen) atoms. The maximum Gasteiger partial charge on any atom is 0.119 e. The SMILES string of the molecule is COc1ccc2[nH]cc(-c3cc4c(cn3)CCCCC4)c2c1. The fraction of sp³-hybridized carbons (Fsp3) is 0.316. The monoisotopic (exact) mass is 292 g/mol. The highest BCUT2D eigenvalue weighted by Crippen LogP contribution is 2.32. The van der Waals surface area contributed by atoms with Crippen LogP contribution in [0, 0.1) is 0 Å². The molecule has 0 saturated carbocycles. The highest BCUT2D eigenvalue weighted by Gasteiger charge is 2.13. The van der Waals surface area contributed by atoms with E-state index in [1.807, 2.05) is 6.07 Å². The third-order valence-electron chi connectivity index (χ3n) is 4.64. The zero-order valence-electron chi connectivity index (χ0n) is 12.9. The van der Waals surface area contributed by atoms with Crippen LogP contribution in [0.2, 0.25) is 0 Å². The number of fused-ring (bicyclic) bond motifs is 2. The van der Waals surface area contributed by atoms with Crippen molar-refractivity contribution >= 4 is 10.9 Å². The lowest BCUT2D eigenvalue weighted by Gasteiger charge is -2.08. The number of aromatic amines is 1. The highest BCUT2D eigenvalue weighted by atomic mass is 16.5. The van der Waals surface area contributed by atoms with E-state index in [0.29, 0.717) is 0 Å². The van der Waals surface area contributed by atoms with Crippen molar-refractivity contribution < 1.29 is 4.74 Å². The molecule has 2 aromatic heterocycles. The van der Waals surface area contributed by atoms with E-state index in [0.717, 1.165) is 22.5 Å². The number of methoxy groups -OCH3 is 1. The maximum absolute atomic E-state index is 5.36. The molecule has 0 bridgehead atoms. The summed E-state index contributed by atoms with van der Waals surface area (Å²) in [5.74, 6) is 0.878. The Morgan fingerprint density at radius 1 is 1.05 bits per heavy atom. The molecular formula is C19H20N2O. The molecule has 1 aliphatic rings. The van der Waals surface area contributed by atoms with Gasteiger partial charge in [0.1, 0.15) is 5.75 Å². The van der Waals surface area contributed by atoms with Gasteiger partial charge in [0.15, 0.2) is 0 Å². The number of pyridine rings is 1. The van der Waals surface area contributed by atoms with Crippen LogP contribution in [-0.4, -0.2) is 17.1 Å². The van der Waals surface area contributed by atoms with Crippen LogP contribution in [0.25, 0.3) is 22.2 Å². The van der Waals surface area contributed by atoms with E-state index in [2.05, 4.69) is 35.6 Å². The zero-order valence-corrected chi connectivity index (χ0v) is 12.9. The molecule has 0 aliphatic heterocycles. The Bertz CT molecular complexity index is 819. The first-order valence-corrected chi connectivity index (χ1v) is 7.98. The first kappa shape index (κ1) is 13.4. The van der Waals surface area contributed by atoms with Crippen molar-refractivity contribution in [2.24, 2.45) is 0 Å². The summed E-state index contributed by atoms with van der Waals surface area (Å²) in [7, 11) is 1.70. The van der Waals surface area contributed by atoms with Crippen molar-refractivity contribution in [2.45, 2.75) is 32.1 Å². The van der Waals surface area contributed by atoms with Gasteiger partial charge >= 0.3 is 0 Å². The van der Waals surface area contributed by atoms with Crippen molar-refractivity contribution in [3.63, 3.8) is 0 Å². The van der Waals surface area contributed by atoms with E-state index in [9.17, 15) is 0 Å². The van der Waals surface area contributed by atoms with Crippen molar-refractivity contribution in [1.82, 2.24) is 9.97 Å². The minimum Gasteiger partial charge on any atom is -0.497 e. The summed E-state index contributed by atoms with van der Waals surface area (Å²) >= 11 is 0. The number of aromatic nitrogens is 2. The van der Waals surface area contributed by atoms with Gasteiger partial charge in [0.05, 0.1) is 12.8 Å². The Balaban J connectivity index is 1.83. The second-order valence-corrected chi connectivity index (χ2v) is 6.01. The summed E-state index contributed by atoms with van der Waals surface area (Å²) in [5.41, 5.74) is 6.23. The van der Waals surface area contributed by atoms with Gasteiger partial charge in [0, 0.05) is 28.9 Å². The second kappa shape index (κ2) is 5.48. The highest BCUT2D eigenvalue weighted by molar-refractivity contribution is 5.95. The molecule has 112 valence electrons. The summed E-state index contributed by atoms with van der Waals surface area (Å²) in [6, 6.07) is 8.39. The molecule has 0 atom stereocenters. The number of hydrogen-bond acceptors (Lipinski definition) is 2. The fourth-order valence-corrected chi connectivity index (χ4v) is 3.38. The Morgan fingerprint density at radius 3 is 2.77 bits per heavy atom. The molecule has 1 aromatic carbocycles. The van der Waals surface area contributed by atoms with Gasteiger partial charge in [-0.05, 0) is 61.1 Å². The number of nitrogens with one attached hydrogen (secondary N) is 1. The minimum atomic E-state index is 0.878. The molecule has 1 N–H and O–H groups in total. The molecule has 3 heteroatoms. The predicted molar refractivity (Wildman–Crippen MR) is 89.3 cm³/mol. The summed E-state index contributed by atoms with van der Waals surface area (Å²) in [5, 5.41) is 1.17. The third kappa shape index (κ3) is 2.27. The Hall–Kier alpha value is -2.29. The van der Waals surface area contributed by atoms with Crippen LogP contribution in [0.5, 0.6) is 5.75 Å². The second-order valence-electron chi connectivity index (χ2n) is 6.01. The largest absolute Gasteiger partial charge is 0.497 e. The van der Waals surface area contributed by atoms with Gasteiger partial charge in [-0.2, -0.15) is 0 Å². The van der Waals surface area contributed by atoms with Crippen molar-refractivity contribution in [3.8, 4) is 17.0 Å². The number of benzene rings is 1. The normalized spacial score (nSPS) is 14.6. The fourth-order valence-electron chi connectivity index (χ4n) is 3.38. The first-order valence-electron chi connectivity index (χ1n) is 7.98. The van der Waals surface area contributed by atoms with Crippen LogP contribution >= 0.6 is 0 Å². The van der Waals surface area contributed by atoms with Crippen LogP contribution in [0.3, 0.4) is 0 Å². The Labute approximate surface area is 130 Å². The topological polar surface area (TPSA) is 37.9 Å². The van der Waals surface area contributed by atoms with E-state index in [1.54, 1.807) is 7.11 Å². The molecule has 1 aliphatic carbocycles. The number of nitrogens with zero attached hydrogens (tertiary/aromatic N) is 1. The summed E-state index contributed by atoms with van der Waals surface area (Å²) in [4.78, 5) is 8.06. The Kier molecular flexibility index (Phi) is 3.34. The van der Waals surface area contributed by atoms with Crippen LogP contribution in [0.4, 0.5) is 0 Å². The van der Waals surface area contributed by atoms with Crippen molar-refractivity contribution in [3.05, 3.63) is 47.8 Å². The average molecular weight is 292 g/mol. The number of aryl methyl sites for hydroxylation is 2. The zero-order chi connectivity index (χ0) is 14.9. The molecule has 2 heterocycles. The van der Waals surface area contributed by atoms with Gasteiger partial charge in [0.2, 0.25) is 0 Å². The number of H-pyrrole nitrogens is 1. The van der Waals surface area contributed by atoms with E-state index in [-0.39, 0.29) is 0 Å². The molecule has 0 spiro atoms. The average Bonchev–Trinajstić information content (AvgIpc) is 2.83. The lowest BCUT2D eigenvalue weighted by atomic mass is 10.0. The summed E-state index contributed by atoms with van der Waals surface area (Å²) < 4.78 is 5.36. The summed E-state index contributed by atoms with van der Waals surface area (Å²) in [6.07, 6.45) is 10.4. The summed E-state index contributed by atoms with van der Waals surface area (Å²) in [6.45, 7) is 0. The van der Waals surface area contributed by atoms with E-state index in [4.69, 9.17) is 9.72 Å². The lowest BCUT2D eigenvalue weighted by Crippen LogP contribution is -1.94. The van der Waals surface area contributed by atoms with E-state index >= 15 is 0 Å². The van der Waals surface area contributed by atoms with Gasteiger partial charge in [0.25, 0.3) is 0 Å². The number of ether oxygens (including phenoxy) is 1. The molecule has 0 unspecified atom stereocenters. The number of rotatable bonds is 2. The van der Waals surface area contributed by atoms with Gasteiger partial charge in [-0.3, -0.25) is 4.98 Å². The molecule has 0 amide bonds. The molecule has 0 saturated heterocycles. The molecule has 0 fully saturated rings. The number of hydrogen-bond donors (Lipinski definition) is 1. The maximum atomic E-state index is 5.36. The third-order valence-corrected chi connectivity index (χ3v) is 4.64. The minimum absolute atomic E-state index is 0.878. The lowest BCUT2D eigenvalue weighted by molar-refractivity contribution is 0.415. The standard InChI is InChI=1S/C19H20N2O/c1-22-15-7-8-18-16(10-15)17(12-21-18)19-9-13-5-3-2-4-6-14(13)11-20-19/h7-12,21H,2-6H2,1H3. The van der Waals surface area contributed by atoms with E-state index in [1.165, 1.54) is 48.6 Å². The molecule has 4 rings (SSSR count). The van der Waals surface area contributed by atoms with Crippen LogP contribution < -0.4 is 4.74 Å². The molecule has 0 radical (unpaired) electrons. The van der Waals surface area contributed by atoms with E-state index < -0.39 is 0 Å². The van der Waals surface area contributed by atoms with Gasteiger partial charge in [-0.15, -0.1) is 0 Å². The smallest absolute Gasteiger partial charge is 0.119 e. The predicted octanol–water partition coefficient (Wildman–Crippen LogP) is 4.51. The first-order chi connectivity index (χ1) is 10.8. The van der Waals surface area contributed by atoms with Gasteiger partial charge in [-0.25, -0.2) is 0 Å². The molecule has 3 nitrogen and oxygen atoms in total. The van der Waals surface area contributed by atoms with Crippen LogP contribution in [0.1, 0.15) is 30.4 Å². The molecule has 3 aromatic rings. The van der Waals surface area contributed by atoms with Crippen LogP contribution in [0.15, 0.2) is 36.7 Å².